The molecule has 0 saturated heterocycles. The molecule has 0 unspecified atom stereocenters. The van der Waals surface area contributed by atoms with Gasteiger partial charge in [-0.15, -0.1) is 11.3 Å². The van der Waals surface area contributed by atoms with Crippen LogP contribution < -0.4 is 0 Å². The van der Waals surface area contributed by atoms with Gasteiger partial charge < -0.3 is 5.11 Å². The highest BCUT2D eigenvalue weighted by atomic mass is 35.5. The van der Waals surface area contributed by atoms with E-state index in [0.29, 0.717) is 10.5 Å². The summed E-state index contributed by atoms with van der Waals surface area (Å²) in [6, 6.07) is 7.45. The number of aryl methyl sites for hydroxylation is 1. The number of rotatable bonds is 1. The van der Waals surface area contributed by atoms with Crippen molar-refractivity contribution in [2.45, 2.75) is 6.92 Å². The number of aromatic carboxylic acids is 1. The van der Waals surface area contributed by atoms with Gasteiger partial charge in [-0.2, -0.15) is 0 Å². The molecule has 0 amide bonds. The van der Waals surface area contributed by atoms with Gasteiger partial charge in [0.15, 0.2) is 0 Å². The van der Waals surface area contributed by atoms with Crippen molar-refractivity contribution in [3.8, 4) is 0 Å². The number of fused-ring (bicyclic) bond motifs is 3. The molecule has 0 saturated carbocycles. The monoisotopic (exact) mass is 277 g/mol. The van der Waals surface area contributed by atoms with Gasteiger partial charge in [-0.1, -0.05) is 23.2 Å². The minimum atomic E-state index is -0.937. The first-order chi connectivity index (χ1) is 8.56. The quantitative estimate of drug-likeness (QED) is 0.681. The van der Waals surface area contributed by atoms with Crippen LogP contribution in [-0.2, 0) is 0 Å². The van der Waals surface area contributed by atoms with E-state index in [0.717, 1.165) is 21.2 Å². The van der Waals surface area contributed by atoms with Gasteiger partial charge in [-0.05, 0) is 25.1 Å². The molecule has 0 aliphatic rings. The Balaban J connectivity index is 2.50. The molecule has 0 aliphatic heterocycles. The summed E-state index contributed by atoms with van der Waals surface area (Å²) in [7, 11) is 0. The van der Waals surface area contributed by atoms with Crippen LogP contribution >= 0.6 is 22.9 Å². The third kappa shape index (κ3) is 1.65. The van der Waals surface area contributed by atoms with E-state index < -0.39 is 5.97 Å². The summed E-state index contributed by atoms with van der Waals surface area (Å²) >= 11 is 7.33. The molecule has 0 fully saturated rings. The minimum absolute atomic E-state index is 0.280. The zero-order valence-corrected chi connectivity index (χ0v) is 11.0. The summed E-state index contributed by atoms with van der Waals surface area (Å²) in [6.45, 7) is 1.99. The van der Waals surface area contributed by atoms with Crippen molar-refractivity contribution in [1.29, 1.82) is 0 Å². The maximum atomic E-state index is 11.0. The summed E-state index contributed by atoms with van der Waals surface area (Å²) in [4.78, 5) is 15.6. The number of hydrogen-bond donors (Lipinski definition) is 1. The molecule has 0 bridgehead atoms. The molecular weight excluding hydrogens is 270 g/mol. The molecule has 0 spiro atoms. The predicted octanol–water partition coefficient (Wildman–Crippen LogP) is 4.11. The van der Waals surface area contributed by atoms with Crippen molar-refractivity contribution in [2.75, 3.05) is 0 Å². The van der Waals surface area contributed by atoms with Crippen molar-refractivity contribution in [3.63, 3.8) is 0 Å². The third-order valence-corrected chi connectivity index (χ3v) is 4.22. The molecule has 1 N–H and O–H groups in total. The van der Waals surface area contributed by atoms with E-state index in [1.807, 2.05) is 25.1 Å². The van der Waals surface area contributed by atoms with E-state index in [9.17, 15) is 4.79 Å². The highest BCUT2D eigenvalue weighted by Gasteiger charge is 2.14. The summed E-state index contributed by atoms with van der Waals surface area (Å²) in [5.74, 6) is -0.937. The smallest absolute Gasteiger partial charge is 0.345 e. The molecule has 0 radical (unpaired) electrons. The van der Waals surface area contributed by atoms with Gasteiger partial charge in [0.25, 0.3) is 0 Å². The highest BCUT2D eigenvalue weighted by molar-refractivity contribution is 7.21. The van der Waals surface area contributed by atoms with Crippen molar-refractivity contribution in [2.24, 2.45) is 0 Å². The normalized spacial score (nSPS) is 11.2. The van der Waals surface area contributed by atoms with Gasteiger partial charge in [0.2, 0.25) is 0 Å². The Kier molecular flexibility index (Phi) is 2.50. The van der Waals surface area contributed by atoms with Gasteiger partial charge in [0.05, 0.1) is 5.52 Å². The van der Waals surface area contributed by atoms with Gasteiger partial charge in [-0.25, -0.2) is 9.78 Å². The Bertz CT molecular complexity index is 794. The molecule has 1 aromatic carbocycles. The molecule has 90 valence electrons. The number of carboxylic acids is 1. The molecule has 18 heavy (non-hydrogen) atoms. The fourth-order valence-electron chi connectivity index (χ4n) is 1.94. The average molecular weight is 278 g/mol. The molecule has 3 aromatic rings. The second-order valence-electron chi connectivity index (χ2n) is 4.08. The fourth-order valence-corrected chi connectivity index (χ4v) is 3.26. The number of carbonyl (C=O) groups is 1. The van der Waals surface area contributed by atoms with Crippen LogP contribution in [0.1, 0.15) is 15.2 Å². The second kappa shape index (κ2) is 3.93. The Labute approximate surface area is 112 Å². The lowest BCUT2D eigenvalue weighted by molar-refractivity contribution is 0.0702. The summed E-state index contributed by atoms with van der Waals surface area (Å²) in [5, 5.41) is 11.1. The topological polar surface area (TPSA) is 50.2 Å². The van der Waals surface area contributed by atoms with Crippen molar-refractivity contribution in [1.82, 2.24) is 4.98 Å². The van der Waals surface area contributed by atoms with Gasteiger partial charge in [-0.3, -0.25) is 0 Å². The fraction of sp³-hybridized carbons (Fsp3) is 0.0769. The SMILES string of the molecule is Cc1ccc2nc(Cl)c3cc(C(=O)O)sc3c2c1. The molecule has 3 rings (SSSR count). The van der Waals surface area contributed by atoms with Crippen LogP contribution in [0.3, 0.4) is 0 Å². The van der Waals surface area contributed by atoms with E-state index in [4.69, 9.17) is 16.7 Å². The maximum absolute atomic E-state index is 11.0. The number of nitrogens with zero attached hydrogens (tertiary/aromatic N) is 1. The Morgan fingerprint density at radius 1 is 1.33 bits per heavy atom. The van der Waals surface area contributed by atoms with Crippen molar-refractivity contribution in [3.05, 3.63) is 39.9 Å². The number of halogens is 1. The lowest BCUT2D eigenvalue weighted by atomic mass is 10.1. The molecule has 2 aromatic heterocycles. The number of hydrogen-bond acceptors (Lipinski definition) is 3. The van der Waals surface area contributed by atoms with Crippen LogP contribution in [-0.4, -0.2) is 16.1 Å². The van der Waals surface area contributed by atoms with E-state index >= 15 is 0 Å². The zero-order chi connectivity index (χ0) is 12.9. The second-order valence-corrected chi connectivity index (χ2v) is 5.49. The zero-order valence-electron chi connectivity index (χ0n) is 9.40. The van der Waals surface area contributed by atoms with Crippen molar-refractivity contribution < 1.29 is 9.90 Å². The van der Waals surface area contributed by atoms with Gasteiger partial charge in [0.1, 0.15) is 10.0 Å². The number of carboxylic acid groups (broad SMARTS) is 1. The first-order valence-electron chi connectivity index (χ1n) is 5.29. The summed E-state index contributed by atoms with van der Waals surface area (Å²) < 4.78 is 0.881. The van der Waals surface area contributed by atoms with Crippen LogP contribution in [0.5, 0.6) is 0 Å². The average Bonchev–Trinajstić information content (AvgIpc) is 2.76. The van der Waals surface area contributed by atoms with Crippen LogP contribution in [0.4, 0.5) is 0 Å². The summed E-state index contributed by atoms with van der Waals surface area (Å²) in [5.41, 5.74) is 1.90. The Hall–Kier alpha value is -1.65. The van der Waals surface area contributed by atoms with Crippen LogP contribution in [0.2, 0.25) is 5.15 Å². The third-order valence-electron chi connectivity index (χ3n) is 2.78. The first-order valence-corrected chi connectivity index (χ1v) is 6.48. The lowest BCUT2D eigenvalue weighted by Gasteiger charge is -2.01. The van der Waals surface area contributed by atoms with Gasteiger partial charge >= 0.3 is 5.97 Å². The predicted molar refractivity (Wildman–Crippen MR) is 73.8 cm³/mol. The number of pyridine rings is 1. The first kappa shape index (κ1) is 11.4. The highest BCUT2D eigenvalue weighted by Crippen LogP contribution is 2.36. The largest absolute Gasteiger partial charge is 0.477 e. The molecule has 5 heteroatoms. The van der Waals surface area contributed by atoms with E-state index in [-0.39, 0.29) is 4.88 Å². The molecule has 0 atom stereocenters. The molecule has 3 nitrogen and oxygen atoms in total. The molecule has 0 aliphatic carbocycles. The number of aromatic nitrogens is 1. The van der Waals surface area contributed by atoms with Crippen LogP contribution in [0.25, 0.3) is 21.0 Å². The number of thiophene rings is 1. The van der Waals surface area contributed by atoms with Crippen LogP contribution in [0.15, 0.2) is 24.3 Å². The number of benzene rings is 1. The van der Waals surface area contributed by atoms with Crippen molar-refractivity contribution >= 4 is 49.9 Å². The molecular formula is C13H8ClNO2S. The minimum Gasteiger partial charge on any atom is -0.477 e. The maximum Gasteiger partial charge on any atom is 0.345 e. The lowest BCUT2D eigenvalue weighted by Crippen LogP contribution is -1.89. The Morgan fingerprint density at radius 3 is 2.83 bits per heavy atom. The Morgan fingerprint density at radius 2 is 2.11 bits per heavy atom. The van der Waals surface area contributed by atoms with E-state index in [1.54, 1.807) is 6.07 Å². The van der Waals surface area contributed by atoms with Crippen LogP contribution in [0, 0.1) is 6.92 Å². The van der Waals surface area contributed by atoms with E-state index in [1.165, 1.54) is 11.3 Å². The molecule has 2 heterocycles. The van der Waals surface area contributed by atoms with Gasteiger partial charge in [0, 0.05) is 15.5 Å². The summed E-state index contributed by atoms with van der Waals surface area (Å²) in [6.07, 6.45) is 0. The standard InChI is InChI=1S/C13H8ClNO2S/c1-6-2-3-9-7(4-6)11-8(12(14)15-9)5-10(18-11)13(16)17/h2-5H,1H3,(H,16,17). The van der Waals surface area contributed by atoms with E-state index in [2.05, 4.69) is 4.98 Å².